The Morgan fingerprint density at radius 1 is 1.32 bits per heavy atom. The van der Waals surface area contributed by atoms with E-state index in [-0.39, 0.29) is 17.5 Å². The van der Waals surface area contributed by atoms with Gasteiger partial charge < -0.3 is 14.8 Å². The molecule has 0 saturated carbocycles. The summed E-state index contributed by atoms with van der Waals surface area (Å²) in [6, 6.07) is 4.98. The molecule has 1 atom stereocenters. The molecule has 0 aromatic heterocycles. The van der Waals surface area contributed by atoms with Crippen molar-refractivity contribution in [2.45, 2.75) is 45.9 Å². The average molecular weight is 269 g/mol. The van der Waals surface area contributed by atoms with E-state index in [1.54, 1.807) is 13.2 Å². The van der Waals surface area contributed by atoms with Crippen LogP contribution in [0.4, 0.5) is 4.39 Å². The Bertz CT molecular complexity index is 402. The molecule has 0 heterocycles. The molecule has 0 amide bonds. The molecule has 1 unspecified atom stereocenters. The van der Waals surface area contributed by atoms with Gasteiger partial charge in [0.15, 0.2) is 11.6 Å². The molecule has 0 aliphatic heterocycles. The predicted molar refractivity (Wildman–Crippen MR) is 75.0 cm³/mol. The number of nitrogens with one attached hydrogen (secondary N) is 1. The van der Waals surface area contributed by atoms with Crippen LogP contribution < -0.4 is 10.1 Å². The van der Waals surface area contributed by atoms with Crippen LogP contribution in [0, 0.1) is 5.82 Å². The van der Waals surface area contributed by atoms with E-state index in [1.165, 1.54) is 6.07 Å². The first-order chi connectivity index (χ1) is 8.83. The van der Waals surface area contributed by atoms with E-state index >= 15 is 0 Å². The fourth-order valence-electron chi connectivity index (χ4n) is 1.48. The molecule has 4 heteroatoms. The van der Waals surface area contributed by atoms with E-state index < -0.39 is 0 Å². The summed E-state index contributed by atoms with van der Waals surface area (Å²) >= 11 is 0. The number of rotatable bonds is 6. The van der Waals surface area contributed by atoms with Crippen LogP contribution in [0.15, 0.2) is 18.2 Å². The highest BCUT2D eigenvalue weighted by Gasteiger charge is 2.14. The molecule has 0 bridgehead atoms. The van der Waals surface area contributed by atoms with Crippen LogP contribution in [-0.4, -0.2) is 25.4 Å². The normalized spacial score (nSPS) is 13.4. The van der Waals surface area contributed by atoms with Crippen LogP contribution in [0.3, 0.4) is 0 Å². The third-order valence-corrected chi connectivity index (χ3v) is 2.72. The third-order valence-electron chi connectivity index (χ3n) is 2.72. The molecule has 0 fully saturated rings. The van der Waals surface area contributed by atoms with Gasteiger partial charge in [0, 0.05) is 24.8 Å². The molecule has 108 valence electrons. The van der Waals surface area contributed by atoms with E-state index in [9.17, 15) is 4.39 Å². The summed E-state index contributed by atoms with van der Waals surface area (Å²) < 4.78 is 24.5. The number of hydrogen-bond donors (Lipinski definition) is 1. The summed E-state index contributed by atoms with van der Waals surface area (Å²) in [5.74, 6) is -0.0281. The maximum Gasteiger partial charge on any atom is 0.165 e. The lowest BCUT2D eigenvalue weighted by atomic mass is 10.1. The van der Waals surface area contributed by atoms with Crippen LogP contribution in [0.5, 0.6) is 5.75 Å². The van der Waals surface area contributed by atoms with Gasteiger partial charge >= 0.3 is 0 Å². The molecule has 0 aliphatic carbocycles. The molecular weight excluding hydrogens is 245 g/mol. The van der Waals surface area contributed by atoms with Gasteiger partial charge in [-0.05, 0) is 33.8 Å². The Kier molecular flexibility index (Phi) is 5.76. The quantitative estimate of drug-likeness (QED) is 0.860. The summed E-state index contributed by atoms with van der Waals surface area (Å²) in [7, 11) is 1.61. The minimum Gasteiger partial charge on any atom is -0.487 e. The van der Waals surface area contributed by atoms with Crippen LogP contribution >= 0.6 is 0 Å². The van der Waals surface area contributed by atoms with E-state index in [4.69, 9.17) is 9.47 Å². The first-order valence-corrected chi connectivity index (χ1v) is 6.51. The maximum absolute atomic E-state index is 13.8. The van der Waals surface area contributed by atoms with Gasteiger partial charge in [-0.3, -0.25) is 0 Å². The van der Waals surface area contributed by atoms with Crippen molar-refractivity contribution >= 4 is 0 Å². The second-order valence-corrected chi connectivity index (χ2v) is 5.69. The summed E-state index contributed by atoms with van der Waals surface area (Å²) in [5.41, 5.74) is 0.793. The van der Waals surface area contributed by atoms with Crippen molar-refractivity contribution in [3.05, 3.63) is 29.6 Å². The smallest absolute Gasteiger partial charge is 0.165 e. The van der Waals surface area contributed by atoms with Crippen LogP contribution in [0.25, 0.3) is 0 Å². The van der Waals surface area contributed by atoms with Crippen LogP contribution in [-0.2, 0) is 11.3 Å². The van der Waals surface area contributed by atoms with Gasteiger partial charge in [-0.1, -0.05) is 12.1 Å². The molecule has 1 rings (SSSR count). The zero-order chi connectivity index (χ0) is 14.5. The first kappa shape index (κ1) is 15.9. The van der Waals surface area contributed by atoms with Crippen molar-refractivity contribution in [3.8, 4) is 5.75 Å². The predicted octanol–water partition coefficient (Wildman–Crippen LogP) is 3.13. The Labute approximate surface area is 115 Å². The van der Waals surface area contributed by atoms with Gasteiger partial charge in [-0.25, -0.2) is 4.39 Å². The summed E-state index contributed by atoms with van der Waals surface area (Å²) in [6.07, 6.45) is -0.0666. The topological polar surface area (TPSA) is 30.5 Å². The van der Waals surface area contributed by atoms with E-state index in [0.717, 1.165) is 5.56 Å². The second kappa shape index (κ2) is 6.87. The molecule has 0 radical (unpaired) electrons. The van der Waals surface area contributed by atoms with Gasteiger partial charge in [0.1, 0.15) is 6.61 Å². The van der Waals surface area contributed by atoms with Gasteiger partial charge in [0.25, 0.3) is 0 Å². The SMILES string of the molecule is COC(C)COc1c(F)cccc1CNC(C)(C)C. The fraction of sp³-hybridized carbons (Fsp3) is 0.600. The third kappa shape index (κ3) is 5.57. The van der Waals surface area contributed by atoms with Gasteiger partial charge in [-0.15, -0.1) is 0 Å². The van der Waals surface area contributed by atoms with Gasteiger partial charge in [0.2, 0.25) is 0 Å². The molecule has 19 heavy (non-hydrogen) atoms. The lowest BCUT2D eigenvalue weighted by molar-refractivity contribution is 0.0697. The maximum atomic E-state index is 13.8. The minimum atomic E-state index is -0.337. The molecule has 1 N–H and O–H groups in total. The van der Waals surface area contributed by atoms with E-state index in [0.29, 0.717) is 18.9 Å². The second-order valence-electron chi connectivity index (χ2n) is 5.69. The van der Waals surface area contributed by atoms with E-state index in [2.05, 4.69) is 26.1 Å². The molecule has 0 aliphatic rings. The number of ether oxygens (including phenoxy) is 2. The Hall–Kier alpha value is -1.13. The highest BCUT2D eigenvalue weighted by molar-refractivity contribution is 5.35. The summed E-state index contributed by atoms with van der Waals surface area (Å²) in [5, 5.41) is 3.33. The van der Waals surface area contributed by atoms with Crippen molar-refractivity contribution in [2.75, 3.05) is 13.7 Å². The lowest BCUT2D eigenvalue weighted by Crippen LogP contribution is -2.35. The summed E-state index contributed by atoms with van der Waals surface area (Å²) in [6.45, 7) is 8.99. The van der Waals surface area contributed by atoms with E-state index in [1.807, 2.05) is 13.0 Å². The highest BCUT2D eigenvalue weighted by atomic mass is 19.1. The standard InChI is InChI=1S/C15H24FNO2/c1-11(18-5)10-19-14-12(7-6-8-13(14)16)9-17-15(2,3)4/h6-8,11,17H,9-10H2,1-5H3. The zero-order valence-electron chi connectivity index (χ0n) is 12.4. The largest absolute Gasteiger partial charge is 0.487 e. The Balaban J connectivity index is 2.77. The van der Waals surface area contributed by atoms with Gasteiger partial charge in [0.05, 0.1) is 6.10 Å². The number of methoxy groups -OCH3 is 1. The molecule has 1 aromatic rings. The lowest BCUT2D eigenvalue weighted by Gasteiger charge is -2.22. The molecular formula is C15H24FNO2. The van der Waals surface area contributed by atoms with Crippen LogP contribution in [0.2, 0.25) is 0 Å². The average Bonchev–Trinajstić information content (AvgIpc) is 2.33. The zero-order valence-corrected chi connectivity index (χ0v) is 12.4. The van der Waals surface area contributed by atoms with Crippen molar-refractivity contribution < 1.29 is 13.9 Å². The number of para-hydroxylation sites is 1. The minimum absolute atomic E-state index is 0.0244. The van der Waals surface area contributed by atoms with Crippen molar-refractivity contribution in [1.29, 1.82) is 0 Å². The van der Waals surface area contributed by atoms with Gasteiger partial charge in [-0.2, -0.15) is 0 Å². The fourth-order valence-corrected chi connectivity index (χ4v) is 1.48. The molecule has 0 spiro atoms. The van der Waals surface area contributed by atoms with Crippen molar-refractivity contribution in [3.63, 3.8) is 0 Å². The highest BCUT2D eigenvalue weighted by Crippen LogP contribution is 2.23. The molecule has 3 nitrogen and oxygen atoms in total. The monoisotopic (exact) mass is 269 g/mol. The van der Waals surface area contributed by atoms with Crippen molar-refractivity contribution in [1.82, 2.24) is 5.32 Å². The number of benzene rings is 1. The number of halogens is 1. The molecule has 0 saturated heterocycles. The Morgan fingerprint density at radius 2 is 2.00 bits per heavy atom. The molecule has 1 aromatic carbocycles. The van der Waals surface area contributed by atoms with Crippen LogP contribution in [0.1, 0.15) is 33.3 Å². The summed E-state index contributed by atoms with van der Waals surface area (Å²) in [4.78, 5) is 0. The number of hydrogen-bond acceptors (Lipinski definition) is 3. The Morgan fingerprint density at radius 3 is 2.58 bits per heavy atom. The van der Waals surface area contributed by atoms with Crippen molar-refractivity contribution in [2.24, 2.45) is 0 Å². The first-order valence-electron chi connectivity index (χ1n) is 6.51.